The molecule has 0 fully saturated rings. The Balaban J connectivity index is 2.85. The van der Waals surface area contributed by atoms with Crippen LogP contribution in [0.15, 0.2) is 23.1 Å². The lowest BCUT2D eigenvalue weighted by Crippen LogP contribution is -2.08. The SMILES string of the molecule is CCCSc1ccc(N)c(C(=O)OCC)c1. The van der Waals surface area contributed by atoms with E-state index < -0.39 is 0 Å². The van der Waals surface area contributed by atoms with Crippen molar-refractivity contribution in [2.75, 3.05) is 18.1 Å². The minimum Gasteiger partial charge on any atom is -0.462 e. The first-order chi connectivity index (χ1) is 7.69. The van der Waals surface area contributed by atoms with E-state index in [0.29, 0.717) is 17.9 Å². The molecule has 1 aromatic carbocycles. The highest BCUT2D eigenvalue weighted by Crippen LogP contribution is 2.24. The highest BCUT2D eigenvalue weighted by Gasteiger charge is 2.11. The van der Waals surface area contributed by atoms with Gasteiger partial charge < -0.3 is 10.5 Å². The van der Waals surface area contributed by atoms with Gasteiger partial charge in [-0.15, -0.1) is 11.8 Å². The quantitative estimate of drug-likeness (QED) is 0.487. The number of thioether (sulfide) groups is 1. The molecular weight excluding hydrogens is 222 g/mol. The van der Waals surface area contributed by atoms with Gasteiger partial charge in [-0.05, 0) is 37.3 Å². The minimum atomic E-state index is -0.348. The van der Waals surface area contributed by atoms with E-state index in [0.717, 1.165) is 17.1 Å². The molecule has 0 amide bonds. The summed E-state index contributed by atoms with van der Waals surface area (Å²) in [6.07, 6.45) is 1.10. The van der Waals surface area contributed by atoms with Crippen LogP contribution in [0.1, 0.15) is 30.6 Å². The number of carbonyl (C=O) groups excluding carboxylic acids is 1. The predicted molar refractivity (Wildman–Crippen MR) is 67.8 cm³/mol. The Morgan fingerprint density at radius 3 is 2.81 bits per heavy atom. The van der Waals surface area contributed by atoms with Gasteiger partial charge in [0.1, 0.15) is 0 Å². The van der Waals surface area contributed by atoms with Crippen molar-refractivity contribution in [3.63, 3.8) is 0 Å². The van der Waals surface area contributed by atoms with Gasteiger partial charge in [-0.25, -0.2) is 4.79 Å². The number of carbonyl (C=O) groups is 1. The third-order valence-corrected chi connectivity index (χ3v) is 3.19. The topological polar surface area (TPSA) is 52.3 Å². The van der Waals surface area contributed by atoms with E-state index in [9.17, 15) is 4.79 Å². The molecule has 4 heteroatoms. The van der Waals surface area contributed by atoms with Crippen LogP contribution in [0.2, 0.25) is 0 Å². The molecule has 0 saturated heterocycles. The zero-order valence-corrected chi connectivity index (χ0v) is 10.5. The van der Waals surface area contributed by atoms with Gasteiger partial charge >= 0.3 is 5.97 Å². The Labute approximate surface area is 100 Å². The molecule has 16 heavy (non-hydrogen) atoms. The van der Waals surface area contributed by atoms with Crippen molar-refractivity contribution < 1.29 is 9.53 Å². The van der Waals surface area contributed by atoms with Gasteiger partial charge in [-0.2, -0.15) is 0 Å². The Morgan fingerprint density at radius 2 is 2.19 bits per heavy atom. The maximum Gasteiger partial charge on any atom is 0.340 e. The number of anilines is 1. The smallest absolute Gasteiger partial charge is 0.340 e. The van der Waals surface area contributed by atoms with Crippen molar-refractivity contribution in [3.8, 4) is 0 Å². The summed E-state index contributed by atoms with van der Waals surface area (Å²) in [5.41, 5.74) is 6.67. The average molecular weight is 239 g/mol. The van der Waals surface area contributed by atoms with Gasteiger partial charge in [-0.1, -0.05) is 6.92 Å². The zero-order chi connectivity index (χ0) is 12.0. The summed E-state index contributed by atoms with van der Waals surface area (Å²) in [5.74, 6) is 0.686. The third kappa shape index (κ3) is 3.45. The van der Waals surface area contributed by atoms with Gasteiger partial charge in [0.05, 0.1) is 12.2 Å². The number of nitrogens with two attached hydrogens (primary N) is 1. The molecule has 0 aliphatic carbocycles. The second-order valence-electron chi connectivity index (χ2n) is 3.32. The third-order valence-electron chi connectivity index (χ3n) is 1.99. The van der Waals surface area contributed by atoms with Crippen LogP contribution in [0.5, 0.6) is 0 Å². The largest absolute Gasteiger partial charge is 0.462 e. The summed E-state index contributed by atoms with van der Waals surface area (Å²) in [4.78, 5) is 12.6. The van der Waals surface area contributed by atoms with E-state index in [4.69, 9.17) is 10.5 Å². The first kappa shape index (κ1) is 12.9. The molecule has 3 nitrogen and oxygen atoms in total. The molecule has 0 spiro atoms. The highest BCUT2D eigenvalue weighted by atomic mass is 32.2. The molecule has 2 N–H and O–H groups in total. The molecule has 0 bridgehead atoms. The van der Waals surface area contributed by atoms with Gasteiger partial charge in [-0.3, -0.25) is 0 Å². The molecule has 0 unspecified atom stereocenters. The summed E-state index contributed by atoms with van der Waals surface area (Å²) in [6, 6.07) is 5.48. The molecule has 0 atom stereocenters. The molecule has 0 heterocycles. The number of hydrogen-bond donors (Lipinski definition) is 1. The lowest BCUT2D eigenvalue weighted by atomic mass is 10.2. The monoisotopic (exact) mass is 239 g/mol. The zero-order valence-electron chi connectivity index (χ0n) is 9.66. The van der Waals surface area contributed by atoms with Crippen LogP contribution in [-0.2, 0) is 4.74 Å². The highest BCUT2D eigenvalue weighted by molar-refractivity contribution is 7.99. The second kappa shape index (κ2) is 6.43. The van der Waals surface area contributed by atoms with Crippen LogP contribution in [0.25, 0.3) is 0 Å². The van der Waals surface area contributed by atoms with Gasteiger partial charge in [0.15, 0.2) is 0 Å². The normalized spacial score (nSPS) is 10.1. The molecular formula is C12H17NO2S. The van der Waals surface area contributed by atoms with E-state index in [1.54, 1.807) is 30.8 Å². The van der Waals surface area contributed by atoms with Crippen molar-refractivity contribution in [2.24, 2.45) is 0 Å². The predicted octanol–water partition coefficient (Wildman–Crippen LogP) is 2.95. The van der Waals surface area contributed by atoms with Crippen LogP contribution in [0.3, 0.4) is 0 Å². The van der Waals surface area contributed by atoms with E-state index >= 15 is 0 Å². The van der Waals surface area contributed by atoms with Crippen molar-refractivity contribution in [1.29, 1.82) is 0 Å². The molecule has 0 aliphatic heterocycles. The van der Waals surface area contributed by atoms with Crippen LogP contribution in [-0.4, -0.2) is 18.3 Å². The summed E-state index contributed by atoms with van der Waals surface area (Å²) < 4.78 is 4.94. The Hall–Kier alpha value is -1.16. The number of nitrogen functional groups attached to an aromatic ring is 1. The fourth-order valence-corrected chi connectivity index (χ4v) is 2.04. The fraction of sp³-hybridized carbons (Fsp3) is 0.417. The van der Waals surface area contributed by atoms with E-state index in [2.05, 4.69) is 6.92 Å². The number of rotatable bonds is 5. The van der Waals surface area contributed by atoms with Gasteiger partial charge in [0.2, 0.25) is 0 Å². The number of esters is 1. The molecule has 0 radical (unpaired) electrons. The molecule has 0 aliphatic rings. The summed E-state index contributed by atoms with van der Waals surface area (Å²) in [5, 5.41) is 0. The molecule has 0 saturated carbocycles. The summed E-state index contributed by atoms with van der Waals surface area (Å²) in [6.45, 7) is 4.27. The standard InChI is InChI=1S/C12H17NO2S/c1-3-7-16-9-5-6-11(13)10(8-9)12(14)15-4-2/h5-6,8H,3-4,7,13H2,1-2H3. The maximum atomic E-state index is 11.6. The average Bonchev–Trinajstić information content (AvgIpc) is 2.28. The van der Waals surface area contributed by atoms with Crippen molar-refractivity contribution in [2.45, 2.75) is 25.2 Å². The van der Waals surface area contributed by atoms with E-state index in [1.165, 1.54) is 0 Å². The van der Waals surface area contributed by atoms with Gasteiger partial charge in [0.25, 0.3) is 0 Å². The van der Waals surface area contributed by atoms with Gasteiger partial charge in [0, 0.05) is 10.6 Å². The molecule has 1 rings (SSSR count). The van der Waals surface area contributed by atoms with Crippen LogP contribution >= 0.6 is 11.8 Å². The first-order valence-electron chi connectivity index (χ1n) is 5.38. The van der Waals surface area contributed by atoms with E-state index in [1.807, 2.05) is 6.07 Å². The molecule has 1 aromatic rings. The maximum absolute atomic E-state index is 11.6. The molecule has 0 aromatic heterocycles. The Bertz CT molecular complexity index is 366. The van der Waals surface area contributed by atoms with Crippen LogP contribution in [0.4, 0.5) is 5.69 Å². The fourth-order valence-electron chi connectivity index (χ4n) is 1.23. The summed E-state index contributed by atoms with van der Waals surface area (Å²) in [7, 11) is 0. The summed E-state index contributed by atoms with van der Waals surface area (Å²) >= 11 is 1.72. The molecule has 88 valence electrons. The number of benzene rings is 1. The first-order valence-corrected chi connectivity index (χ1v) is 6.37. The Kier molecular flexibility index (Phi) is 5.19. The second-order valence-corrected chi connectivity index (χ2v) is 4.49. The Morgan fingerprint density at radius 1 is 1.44 bits per heavy atom. The lowest BCUT2D eigenvalue weighted by Gasteiger charge is -2.07. The van der Waals surface area contributed by atoms with Crippen molar-refractivity contribution in [1.82, 2.24) is 0 Å². The number of ether oxygens (including phenoxy) is 1. The lowest BCUT2D eigenvalue weighted by molar-refractivity contribution is 0.0527. The van der Waals surface area contributed by atoms with Crippen molar-refractivity contribution in [3.05, 3.63) is 23.8 Å². The minimum absolute atomic E-state index is 0.348. The van der Waals surface area contributed by atoms with Crippen molar-refractivity contribution >= 4 is 23.4 Å². The van der Waals surface area contributed by atoms with E-state index in [-0.39, 0.29) is 5.97 Å². The van der Waals surface area contributed by atoms with Crippen LogP contribution in [0, 0.1) is 0 Å². The number of hydrogen-bond acceptors (Lipinski definition) is 4. The van der Waals surface area contributed by atoms with Crippen LogP contribution < -0.4 is 5.73 Å².